The summed E-state index contributed by atoms with van der Waals surface area (Å²) >= 11 is 3.43. The Balaban J connectivity index is 2.94. The molecular weight excluding hydrogens is 270 g/mol. The summed E-state index contributed by atoms with van der Waals surface area (Å²) in [5.74, 6) is 0.0467. The fraction of sp³-hybridized carbons (Fsp3) is 0.417. The zero-order valence-corrected chi connectivity index (χ0v) is 11.3. The number of ketones is 1. The third-order valence-electron chi connectivity index (χ3n) is 2.30. The van der Waals surface area contributed by atoms with E-state index in [0.29, 0.717) is 12.1 Å². The van der Waals surface area contributed by atoms with E-state index in [2.05, 4.69) is 15.9 Å². The van der Waals surface area contributed by atoms with Crippen LogP contribution in [0.3, 0.4) is 0 Å². The van der Waals surface area contributed by atoms with Crippen molar-refractivity contribution in [1.29, 1.82) is 0 Å². The topological polar surface area (TPSA) is 40.5 Å². The van der Waals surface area contributed by atoms with E-state index >= 15 is 0 Å². The lowest BCUT2D eigenvalue weighted by atomic mass is 10.1. The Hall–Kier alpha value is -0.870. The van der Waals surface area contributed by atoms with Crippen molar-refractivity contribution in [3.63, 3.8) is 0 Å². The van der Waals surface area contributed by atoms with Gasteiger partial charge < -0.3 is 10.0 Å². The molecule has 0 amide bonds. The van der Waals surface area contributed by atoms with Crippen LogP contribution in [-0.4, -0.2) is 30.6 Å². The van der Waals surface area contributed by atoms with Crippen LogP contribution in [0.5, 0.6) is 0 Å². The van der Waals surface area contributed by atoms with Crippen LogP contribution in [-0.2, 0) is 0 Å². The lowest BCUT2D eigenvalue weighted by Crippen LogP contribution is -2.27. The first-order chi connectivity index (χ1) is 7.41. The summed E-state index contributed by atoms with van der Waals surface area (Å²) in [6, 6.07) is 5.47. The molecule has 0 aliphatic rings. The highest BCUT2D eigenvalue weighted by Gasteiger charge is 2.09. The molecule has 0 fully saturated rings. The van der Waals surface area contributed by atoms with Gasteiger partial charge in [0.15, 0.2) is 5.78 Å². The molecule has 1 unspecified atom stereocenters. The van der Waals surface area contributed by atoms with Gasteiger partial charge in [0.25, 0.3) is 0 Å². The highest BCUT2D eigenvalue weighted by Crippen LogP contribution is 2.26. The van der Waals surface area contributed by atoms with Gasteiger partial charge in [-0.05, 0) is 48.0 Å². The molecule has 0 spiro atoms. The van der Waals surface area contributed by atoms with Gasteiger partial charge in [0.05, 0.1) is 11.8 Å². The maximum Gasteiger partial charge on any atom is 0.159 e. The van der Waals surface area contributed by atoms with E-state index < -0.39 is 0 Å². The molecule has 16 heavy (non-hydrogen) atoms. The molecular formula is C12H16BrNO2. The molecule has 0 aliphatic carbocycles. The van der Waals surface area contributed by atoms with Crippen molar-refractivity contribution in [3.05, 3.63) is 28.2 Å². The van der Waals surface area contributed by atoms with Crippen molar-refractivity contribution in [2.45, 2.75) is 20.0 Å². The molecule has 0 heterocycles. The average Bonchev–Trinajstić information content (AvgIpc) is 2.15. The molecule has 1 atom stereocenters. The first kappa shape index (κ1) is 13.2. The maximum atomic E-state index is 11.2. The number of halogens is 1. The Bertz CT molecular complexity index is 391. The molecule has 0 saturated carbocycles. The number of carbonyl (C=O) groups excluding carboxylic acids is 1. The Morgan fingerprint density at radius 2 is 2.19 bits per heavy atom. The van der Waals surface area contributed by atoms with Crippen molar-refractivity contribution >= 4 is 27.4 Å². The summed E-state index contributed by atoms with van der Waals surface area (Å²) in [6.45, 7) is 3.84. The Kier molecular flexibility index (Phi) is 4.50. The van der Waals surface area contributed by atoms with Crippen molar-refractivity contribution in [3.8, 4) is 0 Å². The second-order valence-electron chi connectivity index (χ2n) is 3.95. The maximum absolute atomic E-state index is 11.2. The number of likely N-dealkylation sites (N-methyl/N-ethyl adjacent to an activating group) is 1. The van der Waals surface area contributed by atoms with Gasteiger partial charge in [0, 0.05) is 23.6 Å². The molecule has 3 nitrogen and oxygen atoms in total. The molecule has 1 rings (SSSR count). The van der Waals surface area contributed by atoms with Gasteiger partial charge in [0.2, 0.25) is 0 Å². The number of rotatable bonds is 4. The minimum Gasteiger partial charge on any atom is -0.392 e. The van der Waals surface area contributed by atoms with Crippen LogP contribution in [0.25, 0.3) is 0 Å². The summed E-state index contributed by atoms with van der Waals surface area (Å²) in [7, 11) is 1.90. The summed E-state index contributed by atoms with van der Waals surface area (Å²) in [5.41, 5.74) is 1.65. The van der Waals surface area contributed by atoms with Crippen molar-refractivity contribution < 1.29 is 9.90 Å². The molecule has 0 aliphatic heterocycles. The lowest BCUT2D eigenvalue weighted by molar-refractivity contribution is 0.101. The van der Waals surface area contributed by atoms with Crippen molar-refractivity contribution in [2.75, 3.05) is 18.5 Å². The normalized spacial score (nSPS) is 12.3. The Morgan fingerprint density at radius 3 is 2.62 bits per heavy atom. The van der Waals surface area contributed by atoms with Gasteiger partial charge in [0.1, 0.15) is 0 Å². The first-order valence-corrected chi connectivity index (χ1v) is 5.90. The number of aliphatic hydroxyl groups excluding tert-OH is 1. The predicted octanol–water partition coefficient (Wildman–Crippen LogP) is 2.47. The second kappa shape index (κ2) is 5.46. The number of benzene rings is 1. The van der Waals surface area contributed by atoms with Crippen LogP contribution in [0.4, 0.5) is 5.69 Å². The van der Waals surface area contributed by atoms with E-state index in [0.717, 1.165) is 10.2 Å². The predicted molar refractivity (Wildman–Crippen MR) is 69.1 cm³/mol. The minimum atomic E-state index is -0.385. The number of anilines is 1. The molecule has 0 saturated heterocycles. The summed E-state index contributed by atoms with van der Waals surface area (Å²) < 4.78 is 0.864. The van der Waals surface area contributed by atoms with E-state index in [1.165, 1.54) is 0 Å². The highest BCUT2D eigenvalue weighted by molar-refractivity contribution is 9.10. The monoisotopic (exact) mass is 285 g/mol. The Morgan fingerprint density at radius 1 is 1.56 bits per heavy atom. The summed E-state index contributed by atoms with van der Waals surface area (Å²) in [6.07, 6.45) is -0.385. The van der Waals surface area contributed by atoms with Crippen LogP contribution >= 0.6 is 15.9 Å². The van der Waals surface area contributed by atoms with Crippen molar-refractivity contribution in [1.82, 2.24) is 0 Å². The summed E-state index contributed by atoms with van der Waals surface area (Å²) in [5, 5.41) is 9.31. The fourth-order valence-corrected chi connectivity index (χ4v) is 2.21. The van der Waals surface area contributed by atoms with Gasteiger partial charge in [-0.25, -0.2) is 0 Å². The van der Waals surface area contributed by atoms with Crippen LogP contribution in [0.1, 0.15) is 24.2 Å². The SMILES string of the molecule is CC(=O)c1ccc(N(C)CC(C)O)c(Br)c1. The van der Waals surface area contributed by atoms with Crippen LogP contribution in [0.2, 0.25) is 0 Å². The quantitative estimate of drug-likeness (QED) is 0.864. The van der Waals surface area contributed by atoms with Crippen LogP contribution in [0, 0.1) is 0 Å². The molecule has 88 valence electrons. The van der Waals surface area contributed by atoms with E-state index in [1.807, 2.05) is 18.0 Å². The number of hydrogen-bond donors (Lipinski definition) is 1. The smallest absolute Gasteiger partial charge is 0.159 e. The standard InChI is InChI=1S/C12H16BrNO2/c1-8(15)7-14(3)12-5-4-10(9(2)16)6-11(12)13/h4-6,8,15H,7H2,1-3H3. The van der Waals surface area contributed by atoms with E-state index in [-0.39, 0.29) is 11.9 Å². The molecule has 4 heteroatoms. The van der Waals surface area contributed by atoms with Gasteiger partial charge in [-0.2, -0.15) is 0 Å². The fourth-order valence-electron chi connectivity index (χ4n) is 1.53. The van der Waals surface area contributed by atoms with Crippen LogP contribution in [0.15, 0.2) is 22.7 Å². The molecule has 0 aromatic heterocycles. The van der Waals surface area contributed by atoms with E-state index in [1.54, 1.807) is 26.0 Å². The van der Waals surface area contributed by atoms with Crippen molar-refractivity contribution in [2.24, 2.45) is 0 Å². The lowest BCUT2D eigenvalue weighted by Gasteiger charge is -2.22. The molecule has 1 aromatic rings. The largest absolute Gasteiger partial charge is 0.392 e. The molecule has 0 radical (unpaired) electrons. The third-order valence-corrected chi connectivity index (χ3v) is 2.94. The molecule has 1 N–H and O–H groups in total. The number of nitrogens with zero attached hydrogens (tertiary/aromatic N) is 1. The number of hydrogen-bond acceptors (Lipinski definition) is 3. The zero-order valence-electron chi connectivity index (χ0n) is 9.70. The van der Waals surface area contributed by atoms with E-state index in [9.17, 15) is 9.90 Å². The Labute approximate surface area is 104 Å². The van der Waals surface area contributed by atoms with E-state index in [4.69, 9.17) is 0 Å². The van der Waals surface area contributed by atoms with Gasteiger partial charge in [-0.15, -0.1) is 0 Å². The van der Waals surface area contributed by atoms with Gasteiger partial charge >= 0.3 is 0 Å². The highest BCUT2D eigenvalue weighted by atomic mass is 79.9. The first-order valence-electron chi connectivity index (χ1n) is 5.11. The van der Waals surface area contributed by atoms with Gasteiger partial charge in [-0.3, -0.25) is 4.79 Å². The number of Topliss-reactive ketones (excluding diaryl/α,β-unsaturated/α-hetero) is 1. The number of aliphatic hydroxyl groups is 1. The second-order valence-corrected chi connectivity index (χ2v) is 4.81. The zero-order chi connectivity index (χ0) is 12.3. The molecule has 1 aromatic carbocycles. The number of carbonyl (C=O) groups is 1. The molecule has 0 bridgehead atoms. The summed E-state index contributed by atoms with van der Waals surface area (Å²) in [4.78, 5) is 13.1. The third kappa shape index (κ3) is 3.32. The van der Waals surface area contributed by atoms with Gasteiger partial charge in [-0.1, -0.05) is 0 Å². The average molecular weight is 286 g/mol. The van der Waals surface area contributed by atoms with Crippen LogP contribution < -0.4 is 4.90 Å². The minimum absolute atomic E-state index is 0.0467.